The highest BCUT2D eigenvalue weighted by Gasteiger charge is 2.31. The lowest BCUT2D eigenvalue weighted by Gasteiger charge is -2.28. The zero-order valence-electron chi connectivity index (χ0n) is 18.8. The molecule has 1 aromatic heterocycles. The quantitative estimate of drug-likeness (QED) is 0.478. The van der Waals surface area contributed by atoms with Gasteiger partial charge in [0, 0.05) is 17.2 Å². The third kappa shape index (κ3) is 4.28. The Balaban J connectivity index is 2.72. The van der Waals surface area contributed by atoms with E-state index in [0.717, 1.165) is 0 Å². The van der Waals surface area contributed by atoms with Crippen LogP contribution in [0.2, 0.25) is 19.6 Å². The summed E-state index contributed by atoms with van der Waals surface area (Å²) in [5, 5.41) is 1.58. The van der Waals surface area contributed by atoms with Crippen molar-refractivity contribution in [1.29, 1.82) is 0 Å². The van der Waals surface area contributed by atoms with Gasteiger partial charge in [0.15, 0.2) is 6.20 Å². The Hall–Kier alpha value is -1.41. The summed E-state index contributed by atoms with van der Waals surface area (Å²) in [7, 11) is 0.744. The van der Waals surface area contributed by atoms with Crippen molar-refractivity contribution >= 4 is 13.3 Å². The van der Waals surface area contributed by atoms with Crippen LogP contribution in [0, 0.1) is 6.92 Å². The SMILES string of the molecule is Cc1cc(C(C)(C)C)ccc1-c1cc([Si](C)(C)C)c(C(C)(C)C)c[n+]1C. The molecule has 2 aromatic rings. The fourth-order valence-electron chi connectivity index (χ4n) is 3.55. The molecule has 0 unspecified atom stereocenters. The molecule has 0 saturated heterocycles. The van der Waals surface area contributed by atoms with Crippen LogP contribution in [0.1, 0.15) is 58.2 Å². The zero-order valence-corrected chi connectivity index (χ0v) is 19.8. The molecule has 142 valence electrons. The topological polar surface area (TPSA) is 3.88 Å². The molecule has 2 heteroatoms. The molecule has 1 nitrogen and oxygen atoms in total. The number of aryl methyl sites for hydroxylation is 2. The number of nitrogens with zero attached hydrogens (tertiary/aromatic N) is 1. The highest BCUT2D eigenvalue weighted by atomic mass is 28.3. The molecule has 1 heterocycles. The predicted octanol–water partition coefficient (Wildman–Crippen LogP) is 5.63. The van der Waals surface area contributed by atoms with Crippen molar-refractivity contribution in [3.8, 4) is 11.3 Å². The Morgan fingerprint density at radius 1 is 0.846 bits per heavy atom. The van der Waals surface area contributed by atoms with Crippen LogP contribution in [0.15, 0.2) is 30.5 Å². The van der Waals surface area contributed by atoms with Crippen molar-refractivity contribution in [2.24, 2.45) is 7.05 Å². The number of hydrogen-bond donors (Lipinski definition) is 0. The van der Waals surface area contributed by atoms with Gasteiger partial charge in [-0.25, -0.2) is 4.57 Å². The summed E-state index contributed by atoms with van der Waals surface area (Å²) < 4.78 is 2.32. The molecule has 0 amide bonds. The maximum Gasteiger partial charge on any atom is 0.212 e. The van der Waals surface area contributed by atoms with Gasteiger partial charge in [-0.2, -0.15) is 0 Å². The first kappa shape index (κ1) is 20.9. The Kier molecular flexibility index (Phi) is 5.33. The number of benzene rings is 1. The van der Waals surface area contributed by atoms with E-state index in [9.17, 15) is 0 Å². The minimum absolute atomic E-state index is 0.164. The summed E-state index contributed by atoms with van der Waals surface area (Å²) >= 11 is 0. The molecule has 0 aliphatic heterocycles. The van der Waals surface area contributed by atoms with Gasteiger partial charge in [-0.1, -0.05) is 73.3 Å². The second-order valence-corrected chi connectivity index (χ2v) is 15.9. The molecule has 0 bridgehead atoms. The maximum absolute atomic E-state index is 2.48. The standard InChI is InChI=1S/C24H38NSi/c1-17-14-18(23(2,3)4)12-13-19(17)21-15-22(26(9,10)11)20(16-25(21)8)24(5,6)7/h12-16H,1-11H3/q+1. The molecule has 1 aromatic carbocycles. The average Bonchev–Trinajstić information content (AvgIpc) is 2.44. The van der Waals surface area contributed by atoms with Gasteiger partial charge in [0.1, 0.15) is 7.05 Å². The fourth-order valence-corrected chi connectivity index (χ4v) is 5.37. The van der Waals surface area contributed by atoms with Crippen molar-refractivity contribution in [2.45, 2.75) is 78.9 Å². The van der Waals surface area contributed by atoms with E-state index in [-0.39, 0.29) is 10.8 Å². The van der Waals surface area contributed by atoms with Gasteiger partial charge in [0.25, 0.3) is 0 Å². The molecule has 2 rings (SSSR count). The first-order chi connectivity index (χ1) is 11.6. The molecule has 0 N–H and O–H groups in total. The number of aromatic nitrogens is 1. The molecule has 0 fully saturated rings. The van der Waals surface area contributed by atoms with E-state index in [0.29, 0.717) is 0 Å². The van der Waals surface area contributed by atoms with Gasteiger partial charge < -0.3 is 0 Å². The van der Waals surface area contributed by atoms with E-state index in [1.54, 1.807) is 5.19 Å². The minimum Gasteiger partial charge on any atom is -0.201 e. The lowest BCUT2D eigenvalue weighted by molar-refractivity contribution is -0.660. The van der Waals surface area contributed by atoms with Gasteiger partial charge in [-0.3, -0.25) is 0 Å². The number of hydrogen-bond acceptors (Lipinski definition) is 0. The van der Waals surface area contributed by atoms with Gasteiger partial charge in [0.05, 0.1) is 8.07 Å². The maximum atomic E-state index is 2.48. The van der Waals surface area contributed by atoms with Crippen LogP contribution in [0.25, 0.3) is 11.3 Å². The van der Waals surface area contributed by atoms with Crippen molar-refractivity contribution < 1.29 is 4.57 Å². The van der Waals surface area contributed by atoms with Crippen LogP contribution in [-0.2, 0) is 17.9 Å². The summed E-state index contributed by atoms with van der Waals surface area (Å²) in [6.45, 7) is 23.4. The predicted molar refractivity (Wildman–Crippen MR) is 118 cm³/mol. The first-order valence-electron chi connectivity index (χ1n) is 9.78. The second-order valence-electron chi connectivity index (χ2n) is 10.9. The largest absolute Gasteiger partial charge is 0.212 e. The third-order valence-electron chi connectivity index (χ3n) is 5.26. The van der Waals surface area contributed by atoms with Gasteiger partial charge in [-0.05, 0) is 40.1 Å². The van der Waals surface area contributed by atoms with Crippen molar-refractivity contribution in [2.75, 3.05) is 0 Å². The lowest BCUT2D eigenvalue weighted by Crippen LogP contribution is -2.47. The van der Waals surface area contributed by atoms with Crippen LogP contribution >= 0.6 is 0 Å². The van der Waals surface area contributed by atoms with Crippen LogP contribution < -0.4 is 9.75 Å². The smallest absolute Gasteiger partial charge is 0.201 e. The fraction of sp³-hybridized carbons (Fsp3) is 0.542. The monoisotopic (exact) mass is 368 g/mol. The van der Waals surface area contributed by atoms with E-state index in [1.807, 2.05) is 0 Å². The first-order valence-corrected chi connectivity index (χ1v) is 13.3. The van der Waals surface area contributed by atoms with Crippen molar-refractivity contribution in [1.82, 2.24) is 0 Å². The molecular weight excluding hydrogens is 330 g/mol. The molecule has 0 atom stereocenters. The molecule has 0 radical (unpaired) electrons. The minimum atomic E-state index is -1.45. The molecule has 0 saturated carbocycles. The van der Waals surface area contributed by atoms with E-state index in [1.165, 1.54) is 27.9 Å². The van der Waals surface area contributed by atoms with Gasteiger partial charge >= 0.3 is 0 Å². The summed E-state index contributed by atoms with van der Waals surface area (Å²) in [4.78, 5) is 0. The Bertz CT molecular complexity index is 812. The Morgan fingerprint density at radius 2 is 1.42 bits per heavy atom. The molecule has 0 aliphatic carbocycles. The molecule has 26 heavy (non-hydrogen) atoms. The van der Waals surface area contributed by atoms with Crippen LogP contribution in [0.3, 0.4) is 0 Å². The van der Waals surface area contributed by atoms with Crippen molar-refractivity contribution in [3.63, 3.8) is 0 Å². The number of pyridine rings is 1. The van der Waals surface area contributed by atoms with Crippen LogP contribution in [0.4, 0.5) is 0 Å². The molecule has 0 aliphatic rings. The summed E-state index contributed by atoms with van der Waals surface area (Å²) in [6.07, 6.45) is 2.38. The zero-order chi connectivity index (χ0) is 20.1. The van der Waals surface area contributed by atoms with Crippen LogP contribution in [-0.4, -0.2) is 8.07 Å². The number of rotatable bonds is 2. The van der Waals surface area contributed by atoms with E-state index in [4.69, 9.17) is 0 Å². The van der Waals surface area contributed by atoms with Gasteiger partial charge in [-0.15, -0.1) is 0 Å². The van der Waals surface area contributed by atoms with Crippen LogP contribution in [0.5, 0.6) is 0 Å². The van der Waals surface area contributed by atoms with E-state index in [2.05, 4.69) is 110 Å². The average molecular weight is 369 g/mol. The highest BCUT2D eigenvalue weighted by molar-refractivity contribution is 6.89. The second kappa shape index (κ2) is 6.63. The summed E-state index contributed by atoms with van der Waals surface area (Å²) in [5.74, 6) is 0. The molecular formula is C24H38NSi+. The summed E-state index contributed by atoms with van der Waals surface area (Å²) in [5.41, 5.74) is 7.28. The highest BCUT2D eigenvalue weighted by Crippen LogP contribution is 2.29. The third-order valence-corrected chi connectivity index (χ3v) is 7.29. The Labute approximate surface area is 162 Å². The van der Waals surface area contributed by atoms with E-state index >= 15 is 0 Å². The van der Waals surface area contributed by atoms with Gasteiger partial charge in [0.2, 0.25) is 5.69 Å². The van der Waals surface area contributed by atoms with E-state index < -0.39 is 8.07 Å². The molecule has 0 spiro atoms. The lowest BCUT2D eigenvalue weighted by atomic mass is 9.84. The van der Waals surface area contributed by atoms with Crippen molar-refractivity contribution in [3.05, 3.63) is 47.2 Å². The summed E-state index contributed by atoms with van der Waals surface area (Å²) in [6, 6.07) is 9.46. The normalized spacial score (nSPS) is 13.2. The Morgan fingerprint density at radius 3 is 1.85 bits per heavy atom.